The second kappa shape index (κ2) is 3.67. The fraction of sp³-hybridized carbons (Fsp3) is 1.00. The number of nitrogens with one attached hydrogen (secondary N) is 1. The first kappa shape index (κ1) is 11.7. The summed E-state index contributed by atoms with van der Waals surface area (Å²) in [6.07, 6.45) is 0.191. The maximum atomic E-state index is 11.8. The molecule has 1 aliphatic rings. The number of hydrogen-bond donors (Lipinski definition) is 2. The lowest BCUT2D eigenvalue weighted by Crippen LogP contribution is -2.43. The largest absolute Gasteiger partial charge is 0.511 e. The van der Waals surface area contributed by atoms with E-state index in [-0.39, 0.29) is 12.5 Å². The molecule has 0 amide bonds. The van der Waals surface area contributed by atoms with Gasteiger partial charge < -0.3 is 5.11 Å². The Bertz CT molecular complexity index is 294. The van der Waals surface area contributed by atoms with Crippen LogP contribution < -0.4 is 4.72 Å². The smallest absolute Gasteiger partial charge is 0.393 e. The Morgan fingerprint density at radius 3 is 2.21 bits per heavy atom. The summed E-state index contributed by atoms with van der Waals surface area (Å²) in [4.78, 5) is 0. The Labute approximate surface area is 79.2 Å². The predicted octanol–water partition coefficient (Wildman–Crippen LogP) is 0.196. The lowest BCUT2D eigenvalue weighted by molar-refractivity contribution is -0.0451. The molecule has 2 N–H and O–H groups in total. The molecule has 1 aliphatic carbocycles. The first-order valence-corrected chi connectivity index (χ1v) is 5.44. The summed E-state index contributed by atoms with van der Waals surface area (Å²) in [6.45, 7) is -0.265. The topological polar surface area (TPSA) is 66.4 Å². The van der Waals surface area contributed by atoms with Crippen molar-refractivity contribution in [1.29, 1.82) is 0 Å². The zero-order valence-corrected chi connectivity index (χ0v) is 7.90. The van der Waals surface area contributed by atoms with E-state index in [4.69, 9.17) is 5.11 Å². The van der Waals surface area contributed by atoms with Crippen LogP contribution in [0.15, 0.2) is 0 Å². The number of halogens is 3. The van der Waals surface area contributed by atoms with E-state index in [1.165, 1.54) is 4.72 Å². The monoisotopic (exact) mass is 233 g/mol. The van der Waals surface area contributed by atoms with E-state index in [9.17, 15) is 21.6 Å². The molecule has 0 radical (unpaired) electrons. The van der Waals surface area contributed by atoms with Crippen LogP contribution >= 0.6 is 0 Å². The van der Waals surface area contributed by atoms with E-state index in [2.05, 4.69) is 0 Å². The molecule has 4 nitrogen and oxygen atoms in total. The van der Waals surface area contributed by atoms with Crippen molar-refractivity contribution in [2.24, 2.45) is 5.92 Å². The van der Waals surface area contributed by atoms with E-state index in [1.54, 1.807) is 0 Å². The zero-order chi connectivity index (χ0) is 11.0. The molecule has 0 aromatic carbocycles. The molecule has 0 aromatic heterocycles. The van der Waals surface area contributed by atoms with Crippen LogP contribution in [0.4, 0.5) is 13.2 Å². The lowest BCUT2D eigenvalue weighted by Gasteiger charge is -2.31. The van der Waals surface area contributed by atoms with Gasteiger partial charge in [0.25, 0.3) is 0 Å². The van der Waals surface area contributed by atoms with Crippen LogP contribution in [0.25, 0.3) is 0 Å². The predicted molar refractivity (Wildman–Crippen MR) is 41.7 cm³/mol. The molecule has 0 spiro atoms. The second-order valence-electron chi connectivity index (χ2n) is 3.29. The van der Waals surface area contributed by atoms with Gasteiger partial charge in [0.1, 0.15) is 0 Å². The van der Waals surface area contributed by atoms with Crippen LogP contribution in [0, 0.1) is 5.92 Å². The van der Waals surface area contributed by atoms with E-state index in [0.717, 1.165) is 0 Å². The lowest BCUT2D eigenvalue weighted by atomic mass is 9.83. The fourth-order valence-corrected chi connectivity index (χ4v) is 1.80. The number of aliphatic hydroxyl groups excluding tert-OH is 1. The highest BCUT2D eigenvalue weighted by Gasteiger charge is 2.46. The summed E-state index contributed by atoms with van der Waals surface area (Å²) in [6, 6.07) is 0. The van der Waals surface area contributed by atoms with Gasteiger partial charge in [-0.1, -0.05) is 0 Å². The Morgan fingerprint density at radius 2 is 1.86 bits per heavy atom. The molecule has 0 aromatic rings. The van der Waals surface area contributed by atoms with Crippen molar-refractivity contribution in [2.45, 2.75) is 24.5 Å². The number of hydrogen-bond acceptors (Lipinski definition) is 3. The van der Waals surface area contributed by atoms with Crippen molar-refractivity contribution >= 4 is 10.0 Å². The van der Waals surface area contributed by atoms with Crippen LogP contribution in [0.5, 0.6) is 0 Å². The van der Waals surface area contributed by atoms with Crippen LogP contribution in [-0.4, -0.2) is 31.7 Å². The van der Waals surface area contributed by atoms with Crippen molar-refractivity contribution in [3.63, 3.8) is 0 Å². The first-order chi connectivity index (χ1) is 6.22. The Balaban J connectivity index is 2.38. The molecule has 0 atom stereocenters. The van der Waals surface area contributed by atoms with Gasteiger partial charge in [-0.3, -0.25) is 0 Å². The van der Waals surface area contributed by atoms with E-state index in [0.29, 0.717) is 12.8 Å². The van der Waals surface area contributed by atoms with Crippen molar-refractivity contribution < 1.29 is 26.7 Å². The second-order valence-corrected chi connectivity index (χ2v) is 5.05. The number of alkyl halides is 3. The van der Waals surface area contributed by atoms with Crippen LogP contribution in [-0.2, 0) is 10.0 Å². The third-order valence-electron chi connectivity index (χ3n) is 2.08. The highest BCUT2D eigenvalue weighted by molar-refractivity contribution is 7.90. The Hall–Kier alpha value is -0.340. The van der Waals surface area contributed by atoms with Crippen molar-refractivity contribution in [1.82, 2.24) is 4.72 Å². The minimum absolute atomic E-state index is 0.192. The van der Waals surface area contributed by atoms with Gasteiger partial charge in [-0.15, -0.1) is 0 Å². The van der Waals surface area contributed by atoms with Gasteiger partial charge in [-0.2, -0.15) is 13.2 Å². The minimum atomic E-state index is -5.25. The highest BCUT2D eigenvalue weighted by atomic mass is 32.2. The zero-order valence-electron chi connectivity index (χ0n) is 7.08. The van der Waals surface area contributed by atoms with E-state index >= 15 is 0 Å². The normalized spacial score (nSPS) is 28.6. The average Bonchev–Trinajstić information content (AvgIpc) is 1.93. The Morgan fingerprint density at radius 1 is 1.36 bits per heavy atom. The van der Waals surface area contributed by atoms with Crippen molar-refractivity contribution in [3.05, 3.63) is 0 Å². The SMILES string of the molecule is O=S(=O)(NCC1CC(O)C1)C(F)(F)F. The summed E-state index contributed by atoms with van der Waals surface area (Å²) in [5, 5.41) is 8.81. The molecule has 0 aliphatic heterocycles. The van der Waals surface area contributed by atoms with Gasteiger partial charge in [0, 0.05) is 6.54 Å². The molecule has 14 heavy (non-hydrogen) atoms. The van der Waals surface area contributed by atoms with Crippen LogP contribution in [0.2, 0.25) is 0 Å². The third-order valence-corrected chi connectivity index (χ3v) is 3.23. The van der Waals surface area contributed by atoms with Gasteiger partial charge >= 0.3 is 15.5 Å². The molecule has 1 rings (SSSR count). The third kappa shape index (κ3) is 2.58. The summed E-state index contributed by atoms with van der Waals surface area (Å²) in [5.41, 5.74) is -5.25. The van der Waals surface area contributed by atoms with Crippen LogP contribution in [0.1, 0.15) is 12.8 Å². The van der Waals surface area contributed by atoms with Crippen molar-refractivity contribution in [2.75, 3.05) is 6.54 Å². The molecule has 8 heteroatoms. The van der Waals surface area contributed by atoms with Crippen molar-refractivity contribution in [3.8, 4) is 0 Å². The molecule has 84 valence electrons. The maximum Gasteiger partial charge on any atom is 0.511 e. The number of rotatable bonds is 3. The standard InChI is InChI=1S/C6H10F3NO3S/c7-6(8,9)14(12,13)10-3-4-1-5(11)2-4/h4-5,10-11H,1-3H2. The molecule has 1 saturated carbocycles. The van der Waals surface area contributed by atoms with Gasteiger partial charge in [0.15, 0.2) is 0 Å². The fourth-order valence-electron chi connectivity index (χ4n) is 1.18. The average molecular weight is 233 g/mol. The summed E-state index contributed by atoms with van der Waals surface area (Å²) < 4.78 is 57.8. The van der Waals surface area contributed by atoms with Gasteiger partial charge in [-0.25, -0.2) is 13.1 Å². The van der Waals surface area contributed by atoms with Crippen LogP contribution in [0.3, 0.4) is 0 Å². The highest BCUT2D eigenvalue weighted by Crippen LogP contribution is 2.27. The molecular formula is C6H10F3NO3S. The minimum Gasteiger partial charge on any atom is -0.393 e. The molecule has 1 fully saturated rings. The number of aliphatic hydroxyl groups is 1. The molecule has 0 unspecified atom stereocenters. The first-order valence-electron chi connectivity index (χ1n) is 3.96. The van der Waals surface area contributed by atoms with E-state index < -0.39 is 21.6 Å². The molecule has 0 bridgehead atoms. The summed E-state index contributed by atoms with van der Waals surface area (Å²) in [7, 11) is -5.22. The van der Waals surface area contributed by atoms with Gasteiger partial charge in [0.2, 0.25) is 0 Å². The summed E-state index contributed by atoms with van der Waals surface area (Å²) >= 11 is 0. The Kier molecular flexibility index (Phi) is 3.07. The molecular weight excluding hydrogens is 223 g/mol. The summed E-state index contributed by atoms with van der Waals surface area (Å²) in [5.74, 6) is -0.192. The van der Waals surface area contributed by atoms with E-state index in [1.807, 2.05) is 0 Å². The number of sulfonamides is 1. The quantitative estimate of drug-likeness (QED) is 0.731. The molecule has 0 saturated heterocycles. The van der Waals surface area contributed by atoms with Gasteiger partial charge in [-0.05, 0) is 18.8 Å². The maximum absolute atomic E-state index is 11.8. The molecule has 0 heterocycles. The van der Waals surface area contributed by atoms with Gasteiger partial charge in [0.05, 0.1) is 6.10 Å².